The average molecular weight is 344 g/mol. The second kappa shape index (κ2) is 8.87. The summed E-state index contributed by atoms with van der Waals surface area (Å²) in [5.41, 5.74) is -0.699. The molecule has 2 nitrogen and oxygen atoms in total. The van der Waals surface area contributed by atoms with Gasteiger partial charge in [-0.05, 0) is 30.3 Å². The van der Waals surface area contributed by atoms with Gasteiger partial charge in [0.05, 0.1) is 18.3 Å². The van der Waals surface area contributed by atoms with Crippen molar-refractivity contribution in [3.8, 4) is 17.8 Å². The predicted octanol–water partition coefficient (Wildman–Crippen LogP) is 5.46. The molecular weight excluding hydrogens is 321 g/mol. The van der Waals surface area contributed by atoms with E-state index in [1.54, 1.807) is 0 Å². The van der Waals surface area contributed by atoms with E-state index in [2.05, 4.69) is 25.9 Å². The quantitative estimate of drug-likeness (QED) is 0.483. The van der Waals surface area contributed by atoms with Gasteiger partial charge in [-0.3, -0.25) is 0 Å². The molecule has 0 aromatic heterocycles. The largest absolute Gasteiger partial charge is 0.500 e. The second-order valence-electron chi connectivity index (χ2n) is 5.25. The van der Waals surface area contributed by atoms with Crippen molar-refractivity contribution < 1.29 is 22.3 Å². The van der Waals surface area contributed by atoms with Gasteiger partial charge in [-0.25, -0.2) is 0 Å². The molecule has 0 aliphatic carbocycles. The highest BCUT2D eigenvalue weighted by atomic mass is 28.4. The van der Waals surface area contributed by atoms with Crippen LogP contribution in [-0.2, 0) is 10.6 Å². The Labute approximate surface area is 137 Å². The summed E-state index contributed by atoms with van der Waals surface area (Å²) in [4.78, 5) is 0. The van der Waals surface area contributed by atoms with Crippen LogP contribution in [0, 0.1) is 12.0 Å². The van der Waals surface area contributed by atoms with Crippen molar-refractivity contribution in [1.29, 1.82) is 0 Å². The second-order valence-corrected chi connectivity index (χ2v) is 9.73. The van der Waals surface area contributed by atoms with Crippen molar-refractivity contribution in [1.82, 2.24) is 0 Å². The molecule has 0 amide bonds. The highest BCUT2D eigenvalue weighted by Gasteiger charge is 2.33. The lowest BCUT2D eigenvalue weighted by Crippen LogP contribution is -2.36. The monoisotopic (exact) mass is 344 g/mol. The fraction of sp³-hybridized carbons (Fsp3) is 0.529. The molecule has 0 bridgehead atoms. The molecule has 0 atom stereocenters. The molecule has 23 heavy (non-hydrogen) atoms. The van der Waals surface area contributed by atoms with Gasteiger partial charge in [0, 0.05) is 12.5 Å². The normalized spacial score (nSPS) is 11.6. The van der Waals surface area contributed by atoms with Crippen LogP contribution in [0.2, 0.25) is 18.1 Å². The van der Waals surface area contributed by atoms with Gasteiger partial charge in [-0.2, -0.15) is 13.2 Å². The maximum Gasteiger partial charge on any atom is 0.416 e. The summed E-state index contributed by atoms with van der Waals surface area (Å²) in [6.45, 7) is 6.42. The van der Waals surface area contributed by atoms with Gasteiger partial charge in [0.25, 0.3) is 8.32 Å². The molecule has 1 aromatic rings. The van der Waals surface area contributed by atoms with Crippen molar-refractivity contribution in [2.24, 2.45) is 0 Å². The number of hydrogen-bond acceptors (Lipinski definition) is 2. The lowest BCUT2D eigenvalue weighted by atomic mass is 10.2. The number of benzene rings is 1. The first-order valence-corrected chi connectivity index (χ1v) is 10.4. The molecule has 0 heterocycles. The van der Waals surface area contributed by atoms with Crippen LogP contribution in [0.15, 0.2) is 24.3 Å². The minimum atomic E-state index is -4.36. The van der Waals surface area contributed by atoms with Crippen molar-refractivity contribution in [3.05, 3.63) is 29.8 Å². The molecular formula is C17H23F3O2Si. The molecule has 0 radical (unpaired) electrons. The zero-order valence-corrected chi connectivity index (χ0v) is 14.8. The Balaban J connectivity index is 2.66. The van der Waals surface area contributed by atoms with Crippen molar-refractivity contribution >= 4 is 8.32 Å². The number of alkyl halides is 3. The number of hydrogen-bond donors (Lipinski definition) is 0. The third kappa shape index (κ3) is 6.18. The van der Waals surface area contributed by atoms with Crippen LogP contribution in [0.25, 0.3) is 0 Å². The molecule has 0 spiro atoms. The topological polar surface area (TPSA) is 18.5 Å². The summed E-state index contributed by atoms with van der Waals surface area (Å²) in [6.07, 6.45) is -0.860. The van der Waals surface area contributed by atoms with Crippen LogP contribution in [0.3, 0.4) is 0 Å². The molecule has 0 saturated carbocycles. The molecule has 0 aliphatic rings. The van der Waals surface area contributed by atoms with Crippen molar-refractivity contribution in [2.45, 2.75) is 51.5 Å². The van der Waals surface area contributed by atoms with E-state index in [0.29, 0.717) is 12.7 Å². The van der Waals surface area contributed by atoms with E-state index in [1.807, 2.05) is 6.92 Å². The number of ether oxygens (including phenoxy) is 1. The Kier molecular flexibility index (Phi) is 7.50. The highest BCUT2D eigenvalue weighted by molar-refractivity contribution is 6.74. The first-order valence-electron chi connectivity index (χ1n) is 7.82. The number of halogens is 3. The number of rotatable bonds is 7. The van der Waals surface area contributed by atoms with E-state index >= 15 is 0 Å². The fourth-order valence-corrected chi connectivity index (χ4v) is 4.49. The fourth-order valence-electron chi connectivity index (χ4n) is 2.13. The van der Waals surface area contributed by atoms with Gasteiger partial charge >= 0.3 is 6.18 Å². The molecule has 0 unspecified atom stereocenters. The molecule has 6 heteroatoms. The van der Waals surface area contributed by atoms with E-state index < -0.39 is 20.1 Å². The standard InChI is InChI=1S/C17H23F3O2Si/c1-4-7-11-22-23(5-2,6-3)13-12-21-16-10-8-9-15(14-16)17(18,19)20/h8-10,14H,4-6,12-13H2,1-3H3. The zero-order chi connectivity index (χ0) is 17.3. The Bertz CT molecular complexity index is 543. The summed E-state index contributed by atoms with van der Waals surface area (Å²) in [5, 5.41) is 0. The third-order valence-corrected chi connectivity index (χ3v) is 8.02. The summed E-state index contributed by atoms with van der Waals surface area (Å²) >= 11 is 0. The maximum absolute atomic E-state index is 12.7. The van der Waals surface area contributed by atoms with Gasteiger partial charge in [0.1, 0.15) is 5.75 Å². The van der Waals surface area contributed by atoms with E-state index in [1.165, 1.54) is 12.1 Å². The van der Waals surface area contributed by atoms with Crippen LogP contribution in [-0.4, -0.2) is 14.9 Å². The smallest absolute Gasteiger partial charge is 0.416 e. The van der Waals surface area contributed by atoms with Crippen molar-refractivity contribution in [3.63, 3.8) is 0 Å². The first kappa shape index (κ1) is 19.4. The minimum Gasteiger partial charge on any atom is -0.500 e. The summed E-state index contributed by atoms with van der Waals surface area (Å²) in [7, 11) is -2.01. The van der Waals surface area contributed by atoms with E-state index in [4.69, 9.17) is 9.16 Å². The van der Waals surface area contributed by atoms with E-state index in [-0.39, 0.29) is 5.75 Å². The molecule has 0 fully saturated rings. The van der Waals surface area contributed by atoms with Gasteiger partial charge in [-0.1, -0.05) is 32.8 Å². The van der Waals surface area contributed by atoms with Crippen LogP contribution in [0.4, 0.5) is 13.2 Å². The first-order chi connectivity index (χ1) is 10.9. The highest BCUT2D eigenvalue weighted by Crippen LogP contribution is 2.31. The van der Waals surface area contributed by atoms with Crippen LogP contribution in [0.5, 0.6) is 5.75 Å². The SMILES string of the molecule is CCC#CO[Si](CC)(CC)CCOc1cccc(C(F)(F)F)c1. The van der Waals surface area contributed by atoms with Crippen molar-refractivity contribution in [2.75, 3.05) is 6.61 Å². The molecule has 0 aliphatic heterocycles. The average Bonchev–Trinajstić information content (AvgIpc) is 2.53. The minimum absolute atomic E-state index is 0.231. The van der Waals surface area contributed by atoms with Crippen LogP contribution >= 0.6 is 0 Å². The Morgan fingerprint density at radius 2 is 1.83 bits per heavy atom. The lowest BCUT2D eigenvalue weighted by molar-refractivity contribution is -0.137. The van der Waals surface area contributed by atoms with Gasteiger partial charge < -0.3 is 9.16 Å². The van der Waals surface area contributed by atoms with Crippen LogP contribution < -0.4 is 4.74 Å². The van der Waals surface area contributed by atoms with Gasteiger partial charge in [0.15, 0.2) is 0 Å². The van der Waals surface area contributed by atoms with E-state index in [9.17, 15) is 13.2 Å². The molecule has 1 aromatic carbocycles. The Morgan fingerprint density at radius 1 is 1.13 bits per heavy atom. The Hall–Kier alpha value is -1.61. The summed E-state index contributed by atoms with van der Waals surface area (Å²) in [5.74, 6) is 3.13. The summed E-state index contributed by atoms with van der Waals surface area (Å²) in [6, 6.07) is 7.45. The molecule has 0 N–H and O–H groups in total. The van der Waals surface area contributed by atoms with Gasteiger partial charge in [0.2, 0.25) is 0 Å². The van der Waals surface area contributed by atoms with Crippen LogP contribution in [0.1, 0.15) is 32.8 Å². The van der Waals surface area contributed by atoms with E-state index in [0.717, 1.165) is 30.6 Å². The zero-order valence-electron chi connectivity index (χ0n) is 13.8. The maximum atomic E-state index is 12.7. The Morgan fingerprint density at radius 3 is 2.39 bits per heavy atom. The van der Waals surface area contributed by atoms with Gasteiger partial charge in [-0.15, -0.1) is 0 Å². The molecule has 0 saturated heterocycles. The molecule has 128 valence electrons. The predicted molar refractivity (Wildman–Crippen MR) is 87.6 cm³/mol. The lowest BCUT2D eigenvalue weighted by Gasteiger charge is -2.26. The molecule has 1 rings (SSSR count). The summed E-state index contributed by atoms with van der Waals surface area (Å²) < 4.78 is 49.3. The third-order valence-electron chi connectivity index (χ3n) is 3.79.